The molecule has 0 heterocycles. The van der Waals surface area contributed by atoms with Crippen LogP contribution in [-0.4, -0.2) is 36.7 Å². The van der Waals surface area contributed by atoms with Crippen LogP contribution in [0, 0.1) is 6.92 Å². The van der Waals surface area contributed by atoms with Crippen molar-refractivity contribution in [1.82, 2.24) is 5.32 Å². The van der Waals surface area contributed by atoms with Crippen molar-refractivity contribution < 1.29 is 19.4 Å². The number of ether oxygens (including phenoxy) is 1. The van der Waals surface area contributed by atoms with Gasteiger partial charge in [-0.15, -0.1) is 0 Å². The Kier molecular flexibility index (Phi) is 5.30. The summed E-state index contributed by atoms with van der Waals surface area (Å²) in [6.45, 7) is 1.82. The van der Waals surface area contributed by atoms with E-state index >= 15 is 0 Å². The first-order valence-electron chi connectivity index (χ1n) is 5.24. The second-order valence-electron chi connectivity index (χ2n) is 3.80. The van der Waals surface area contributed by atoms with Crippen molar-refractivity contribution in [2.24, 2.45) is 0 Å². The van der Waals surface area contributed by atoms with Crippen molar-refractivity contribution in [2.75, 3.05) is 13.7 Å². The number of aliphatic carboxylic acids is 1. The highest BCUT2D eigenvalue weighted by molar-refractivity contribution is 9.10. The van der Waals surface area contributed by atoms with Crippen LogP contribution in [0.5, 0.6) is 0 Å². The molecule has 1 aromatic carbocycles. The molecule has 18 heavy (non-hydrogen) atoms. The van der Waals surface area contributed by atoms with Crippen molar-refractivity contribution in [3.63, 3.8) is 0 Å². The van der Waals surface area contributed by atoms with Crippen LogP contribution in [0.15, 0.2) is 22.7 Å². The predicted octanol–water partition coefficient (Wildman–Crippen LogP) is 1.59. The van der Waals surface area contributed by atoms with Gasteiger partial charge in [-0.05, 0) is 40.5 Å². The maximum Gasteiger partial charge on any atom is 0.328 e. The summed E-state index contributed by atoms with van der Waals surface area (Å²) in [6.07, 6.45) is 0. The standard InChI is InChI=1S/C12H14BrNO4/c1-7-3-4-8(9(13)5-7)11(15)14-10(6-18-2)12(16)17/h3-5,10H,6H2,1-2H3,(H,14,15)(H,16,17). The Bertz CT molecular complexity index is 461. The Hall–Kier alpha value is -1.40. The lowest BCUT2D eigenvalue weighted by atomic mass is 10.1. The zero-order chi connectivity index (χ0) is 13.7. The van der Waals surface area contributed by atoms with Crippen LogP contribution in [0.4, 0.5) is 0 Å². The zero-order valence-corrected chi connectivity index (χ0v) is 11.7. The van der Waals surface area contributed by atoms with Gasteiger partial charge < -0.3 is 15.2 Å². The number of nitrogens with one attached hydrogen (secondary N) is 1. The summed E-state index contributed by atoms with van der Waals surface area (Å²) in [5.41, 5.74) is 1.40. The molecule has 0 spiro atoms. The smallest absolute Gasteiger partial charge is 0.328 e. The maximum atomic E-state index is 11.9. The van der Waals surface area contributed by atoms with Gasteiger partial charge in [-0.2, -0.15) is 0 Å². The summed E-state index contributed by atoms with van der Waals surface area (Å²) < 4.78 is 5.37. The third kappa shape index (κ3) is 3.82. The van der Waals surface area contributed by atoms with E-state index in [-0.39, 0.29) is 6.61 Å². The van der Waals surface area contributed by atoms with Gasteiger partial charge in [-0.3, -0.25) is 4.79 Å². The minimum atomic E-state index is -1.13. The molecule has 6 heteroatoms. The van der Waals surface area contributed by atoms with Crippen LogP contribution < -0.4 is 5.32 Å². The van der Waals surface area contributed by atoms with Gasteiger partial charge in [0.2, 0.25) is 0 Å². The first kappa shape index (κ1) is 14.7. The molecule has 1 amide bonds. The molecular formula is C12H14BrNO4. The molecular weight excluding hydrogens is 302 g/mol. The number of carbonyl (C=O) groups excluding carboxylic acids is 1. The Morgan fingerprint density at radius 1 is 1.50 bits per heavy atom. The zero-order valence-electron chi connectivity index (χ0n) is 10.1. The van der Waals surface area contributed by atoms with Crippen LogP contribution in [0.1, 0.15) is 15.9 Å². The highest BCUT2D eigenvalue weighted by atomic mass is 79.9. The Balaban J connectivity index is 2.83. The molecule has 1 aromatic rings. The van der Waals surface area contributed by atoms with E-state index in [4.69, 9.17) is 9.84 Å². The van der Waals surface area contributed by atoms with Gasteiger partial charge in [0.25, 0.3) is 5.91 Å². The molecule has 0 aliphatic rings. The van der Waals surface area contributed by atoms with E-state index in [9.17, 15) is 9.59 Å². The molecule has 0 saturated carbocycles. The lowest BCUT2D eigenvalue weighted by Gasteiger charge is -2.14. The molecule has 1 atom stereocenters. The summed E-state index contributed by atoms with van der Waals surface area (Å²) in [5, 5.41) is 11.3. The molecule has 0 bridgehead atoms. The number of hydrogen-bond donors (Lipinski definition) is 2. The number of methoxy groups -OCH3 is 1. The quantitative estimate of drug-likeness (QED) is 0.865. The fraction of sp³-hybridized carbons (Fsp3) is 0.333. The van der Waals surface area contributed by atoms with Crippen molar-refractivity contribution in [2.45, 2.75) is 13.0 Å². The van der Waals surface area contributed by atoms with Crippen LogP contribution in [0.3, 0.4) is 0 Å². The average Bonchev–Trinajstić information content (AvgIpc) is 2.27. The van der Waals surface area contributed by atoms with Gasteiger partial charge >= 0.3 is 5.97 Å². The van der Waals surface area contributed by atoms with Gasteiger partial charge in [0.1, 0.15) is 0 Å². The Morgan fingerprint density at radius 2 is 2.17 bits per heavy atom. The molecule has 1 unspecified atom stereocenters. The lowest BCUT2D eigenvalue weighted by Crippen LogP contribution is -2.43. The molecule has 0 aromatic heterocycles. The van der Waals surface area contributed by atoms with Crippen LogP contribution in [0.25, 0.3) is 0 Å². The fourth-order valence-electron chi connectivity index (χ4n) is 1.38. The van der Waals surface area contributed by atoms with Gasteiger partial charge in [-0.1, -0.05) is 6.07 Å². The first-order valence-corrected chi connectivity index (χ1v) is 6.03. The number of benzene rings is 1. The highest BCUT2D eigenvalue weighted by Crippen LogP contribution is 2.18. The summed E-state index contributed by atoms with van der Waals surface area (Å²) in [5.74, 6) is -1.58. The SMILES string of the molecule is COCC(NC(=O)c1ccc(C)cc1Br)C(=O)O. The molecule has 2 N–H and O–H groups in total. The molecule has 0 aliphatic carbocycles. The molecule has 1 rings (SSSR count). The number of carbonyl (C=O) groups is 2. The van der Waals surface area contributed by atoms with E-state index in [1.54, 1.807) is 18.2 Å². The van der Waals surface area contributed by atoms with Crippen molar-refractivity contribution in [1.29, 1.82) is 0 Å². The van der Waals surface area contributed by atoms with Gasteiger partial charge in [-0.25, -0.2) is 4.79 Å². The first-order chi connectivity index (χ1) is 8.45. The minimum Gasteiger partial charge on any atom is -0.480 e. The summed E-state index contributed by atoms with van der Waals surface area (Å²) >= 11 is 3.27. The third-order valence-corrected chi connectivity index (χ3v) is 2.96. The van der Waals surface area contributed by atoms with E-state index in [2.05, 4.69) is 21.2 Å². The third-order valence-electron chi connectivity index (χ3n) is 2.31. The number of hydrogen-bond acceptors (Lipinski definition) is 3. The topological polar surface area (TPSA) is 75.6 Å². The average molecular weight is 316 g/mol. The molecule has 0 fully saturated rings. The second kappa shape index (κ2) is 6.51. The van der Waals surface area contributed by atoms with Crippen LogP contribution >= 0.6 is 15.9 Å². The summed E-state index contributed by atoms with van der Waals surface area (Å²) in [4.78, 5) is 22.8. The Labute approximate surface area is 113 Å². The normalized spacial score (nSPS) is 11.9. The van der Waals surface area contributed by atoms with E-state index in [1.807, 2.05) is 6.92 Å². The minimum absolute atomic E-state index is 0.0788. The van der Waals surface area contributed by atoms with Crippen molar-refractivity contribution in [3.05, 3.63) is 33.8 Å². The molecule has 0 saturated heterocycles. The molecule has 98 valence electrons. The molecule has 5 nitrogen and oxygen atoms in total. The second-order valence-corrected chi connectivity index (χ2v) is 4.66. The number of carboxylic acids is 1. The van der Waals surface area contributed by atoms with Crippen LogP contribution in [-0.2, 0) is 9.53 Å². The van der Waals surface area contributed by atoms with Gasteiger partial charge in [0, 0.05) is 11.6 Å². The van der Waals surface area contributed by atoms with E-state index in [0.29, 0.717) is 10.0 Å². The number of rotatable bonds is 5. The van der Waals surface area contributed by atoms with E-state index < -0.39 is 17.9 Å². The van der Waals surface area contributed by atoms with Gasteiger partial charge in [0.15, 0.2) is 6.04 Å². The number of aryl methyl sites for hydroxylation is 1. The van der Waals surface area contributed by atoms with Crippen molar-refractivity contribution >= 4 is 27.8 Å². The molecule has 0 radical (unpaired) electrons. The highest BCUT2D eigenvalue weighted by Gasteiger charge is 2.21. The number of halogens is 1. The summed E-state index contributed by atoms with van der Waals surface area (Å²) in [6, 6.07) is 4.16. The largest absolute Gasteiger partial charge is 0.480 e. The Morgan fingerprint density at radius 3 is 2.67 bits per heavy atom. The van der Waals surface area contributed by atoms with Crippen molar-refractivity contribution in [3.8, 4) is 0 Å². The van der Waals surface area contributed by atoms with E-state index in [1.165, 1.54) is 7.11 Å². The number of carboxylic acid groups (broad SMARTS) is 1. The number of amides is 1. The molecule has 0 aliphatic heterocycles. The summed E-state index contributed by atoms with van der Waals surface area (Å²) in [7, 11) is 1.38. The monoisotopic (exact) mass is 315 g/mol. The predicted molar refractivity (Wildman–Crippen MR) is 69.6 cm³/mol. The van der Waals surface area contributed by atoms with E-state index in [0.717, 1.165) is 5.56 Å². The lowest BCUT2D eigenvalue weighted by molar-refractivity contribution is -0.140. The van der Waals surface area contributed by atoms with Gasteiger partial charge in [0.05, 0.1) is 12.2 Å². The van der Waals surface area contributed by atoms with Crippen LogP contribution in [0.2, 0.25) is 0 Å². The fourth-order valence-corrected chi connectivity index (χ4v) is 2.05. The maximum absolute atomic E-state index is 11.9.